The van der Waals surface area contributed by atoms with Crippen molar-refractivity contribution in [3.05, 3.63) is 34.1 Å². The molecule has 2 atom stereocenters. The zero-order chi connectivity index (χ0) is 15.2. The maximum absolute atomic E-state index is 10.5. The molecule has 1 saturated heterocycles. The fourth-order valence-corrected chi connectivity index (χ4v) is 5.82. The van der Waals surface area contributed by atoms with Crippen LogP contribution in [0.3, 0.4) is 0 Å². The first kappa shape index (κ1) is 15.2. The summed E-state index contributed by atoms with van der Waals surface area (Å²) in [6.07, 6.45) is 7.35. The highest BCUT2D eigenvalue weighted by atomic mass is 32.2. The average Bonchev–Trinajstić information content (AvgIpc) is 2.49. The number of hydroxylamine groups is 1. The van der Waals surface area contributed by atoms with Gasteiger partial charge in [0.25, 0.3) is 0 Å². The van der Waals surface area contributed by atoms with Crippen molar-refractivity contribution in [1.29, 1.82) is 0 Å². The molecule has 3 aliphatic rings. The number of fused-ring (bicyclic) bond motifs is 1. The zero-order valence-corrected chi connectivity index (χ0v) is 14.1. The van der Waals surface area contributed by atoms with E-state index in [0.29, 0.717) is 15.8 Å². The third-order valence-electron chi connectivity index (χ3n) is 5.30. The Morgan fingerprint density at radius 1 is 1.29 bits per heavy atom. The van der Waals surface area contributed by atoms with Crippen molar-refractivity contribution in [2.75, 3.05) is 7.11 Å². The standard InChI is InChI=1S/C17H25NO2S/c1-10-8-14-15(12(3)16(19)11(10)2)13(18-20-4)9-17(21-14)6-5-7-17/h8,13-14,18-19H,5-7,9H2,1-4H3. The lowest BCUT2D eigenvalue weighted by atomic mass is 9.77. The highest BCUT2D eigenvalue weighted by molar-refractivity contribution is 8.01. The Morgan fingerprint density at radius 3 is 2.57 bits per heavy atom. The first-order chi connectivity index (χ1) is 9.97. The van der Waals surface area contributed by atoms with Gasteiger partial charge in [-0.3, -0.25) is 0 Å². The molecule has 0 amide bonds. The van der Waals surface area contributed by atoms with E-state index in [0.717, 1.165) is 17.6 Å². The van der Waals surface area contributed by atoms with Crippen LogP contribution in [0.25, 0.3) is 0 Å². The minimum absolute atomic E-state index is 0.193. The molecule has 2 fully saturated rings. The predicted octanol–water partition coefficient (Wildman–Crippen LogP) is 4.04. The molecular weight excluding hydrogens is 282 g/mol. The van der Waals surface area contributed by atoms with Crippen molar-refractivity contribution in [2.45, 2.75) is 62.5 Å². The van der Waals surface area contributed by atoms with Crippen LogP contribution in [0.4, 0.5) is 0 Å². The van der Waals surface area contributed by atoms with Gasteiger partial charge in [0.05, 0.1) is 13.2 Å². The maximum atomic E-state index is 10.5. The van der Waals surface area contributed by atoms with Crippen LogP contribution in [0.1, 0.15) is 46.5 Å². The Balaban J connectivity index is 2.06. The van der Waals surface area contributed by atoms with Crippen LogP contribution in [0, 0.1) is 0 Å². The largest absolute Gasteiger partial charge is 0.507 e. The number of aliphatic hydroxyl groups excluding tert-OH is 1. The van der Waals surface area contributed by atoms with Crippen LogP contribution in [-0.4, -0.2) is 28.3 Å². The molecule has 2 N–H and O–H groups in total. The summed E-state index contributed by atoms with van der Waals surface area (Å²) in [5.41, 5.74) is 7.66. The third-order valence-corrected chi connectivity index (χ3v) is 7.02. The lowest BCUT2D eigenvalue weighted by Crippen LogP contribution is -2.49. The summed E-state index contributed by atoms with van der Waals surface area (Å²) in [6.45, 7) is 6.14. The van der Waals surface area contributed by atoms with Crippen molar-refractivity contribution in [3.8, 4) is 0 Å². The van der Waals surface area contributed by atoms with Gasteiger partial charge >= 0.3 is 0 Å². The van der Waals surface area contributed by atoms with Gasteiger partial charge in [-0.15, -0.1) is 11.8 Å². The van der Waals surface area contributed by atoms with E-state index in [2.05, 4.69) is 30.2 Å². The normalized spacial score (nSPS) is 31.7. The van der Waals surface area contributed by atoms with E-state index < -0.39 is 0 Å². The summed E-state index contributed by atoms with van der Waals surface area (Å²) < 4.78 is 0.398. The lowest BCUT2D eigenvalue weighted by Gasteiger charge is -2.50. The van der Waals surface area contributed by atoms with Crippen molar-refractivity contribution in [2.24, 2.45) is 0 Å². The van der Waals surface area contributed by atoms with Gasteiger partial charge in [-0.1, -0.05) is 12.5 Å². The first-order valence-corrected chi connectivity index (χ1v) is 8.61. The number of aliphatic hydroxyl groups is 1. The Bertz CT molecular complexity index is 543. The van der Waals surface area contributed by atoms with Gasteiger partial charge in [0.2, 0.25) is 0 Å². The summed E-state index contributed by atoms with van der Waals surface area (Å²) in [7, 11) is 1.68. The number of allylic oxidation sites excluding steroid dienone is 3. The van der Waals surface area contributed by atoms with Crippen LogP contribution >= 0.6 is 11.8 Å². The molecule has 0 bridgehead atoms. The summed E-state index contributed by atoms with van der Waals surface area (Å²) in [4.78, 5) is 5.26. The summed E-state index contributed by atoms with van der Waals surface area (Å²) >= 11 is 2.09. The number of thioether (sulfide) groups is 1. The fourth-order valence-electron chi connectivity index (χ4n) is 3.76. The van der Waals surface area contributed by atoms with Gasteiger partial charge < -0.3 is 9.94 Å². The van der Waals surface area contributed by atoms with E-state index in [9.17, 15) is 5.11 Å². The minimum Gasteiger partial charge on any atom is -0.507 e. The zero-order valence-electron chi connectivity index (χ0n) is 13.3. The van der Waals surface area contributed by atoms with E-state index in [1.54, 1.807) is 7.11 Å². The average molecular weight is 307 g/mol. The molecule has 0 aromatic heterocycles. The topological polar surface area (TPSA) is 41.5 Å². The SMILES string of the molecule is CONC1CC2(CCC2)SC2C=C(C)C(C)=C(O)C(C)=C12. The molecular formula is C17H25NO2S. The molecule has 4 heteroatoms. The molecule has 3 nitrogen and oxygen atoms in total. The van der Waals surface area contributed by atoms with Crippen LogP contribution in [0.5, 0.6) is 0 Å². The monoisotopic (exact) mass is 307 g/mol. The van der Waals surface area contributed by atoms with E-state index in [1.165, 1.54) is 30.4 Å². The third kappa shape index (κ3) is 2.47. The molecule has 1 heterocycles. The minimum atomic E-state index is 0.193. The molecule has 1 saturated carbocycles. The van der Waals surface area contributed by atoms with Crippen LogP contribution in [0.2, 0.25) is 0 Å². The number of hydrogen-bond acceptors (Lipinski definition) is 4. The smallest absolute Gasteiger partial charge is 0.121 e. The van der Waals surface area contributed by atoms with Gasteiger partial charge in [-0.2, -0.15) is 5.48 Å². The van der Waals surface area contributed by atoms with Crippen LogP contribution in [-0.2, 0) is 4.84 Å². The number of nitrogens with one attached hydrogen (secondary N) is 1. The highest BCUT2D eigenvalue weighted by Crippen LogP contribution is 2.56. The summed E-state index contributed by atoms with van der Waals surface area (Å²) in [5, 5.41) is 10.9. The quantitative estimate of drug-likeness (QED) is 0.755. The lowest BCUT2D eigenvalue weighted by molar-refractivity contribution is 0.0593. The van der Waals surface area contributed by atoms with Crippen molar-refractivity contribution < 1.29 is 9.94 Å². The van der Waals surface area contributed by atoms with E-state index in [4.69, 9.17) is 4.84 Å². The Kier molecular flexibility index (Phi) is 3.97. The summed E-state index contributed by atoms with van der Waals surface area (Å²) in [5.74, 6) is 0.439. The van der Waals surface area contributed by atoms with Crippen LogP contribution < -0.4 is 5.48 Å². The molecule has 2 unspecified atom stereocenters. The molecule has 1 aliphatic heterocycles. The van der Waals surface area contributed by atoms with Crippen molar-refractivity contribution >= 4 is 11.8 Å². The second-order valence-corrected chi connectivity index (χ2v) is 8.17. The van der Waals surface area contributed by atoms with Crippen LogP contribution in [0.15, 0.2) is 34.1 Å². The molecule has 21 heavy (non-hydrogen) atoms. The Morgan fingerprint density at radius 2 is 2.00 bits per heavy atom. The first-order valence-electron chi connectivity index (χ1n) is 7.73. The second-order valence-electron chi connectivity index (χ2n) is 6.56. The van der Waals surface area contributed by atoms with E-state index in [1.807, 2.05) is 13.8 Å². The van der Waals surface area contributed by atoms with E-state index in [-0.39, 0.29) is 6.04 Å². The molecule has 1 spiro atoms. The van der Waals surface area contributed by atoms with Gasteiger partial charge in [0.1, 0.15) is 5.76 Å². The van der Waals surface area contributed by atoms with Gasteiger partial charge in [0.15, 0.2) is 0 Å². The van der Waals surface area contributed by atoms with Gasteiger partial charge in [-0.05, 0) is 62.3 Å². The molecule has 2 aliphatic carbocycles. The van der Waals surface area contributed by atoms with Gasteiger partial charge in [-0.25, -0.2) is 0 Å². The van der Waals surface area contributed by atoms with Crippen molar-refractivity contribution in [3.63, 3.8) is 0 Å². The predicted molar refractivity (Wildman–Crippen MR) is 88.3 cm³/mol. The maximum Gasteiger partial charge on any atom is 0.121 e. The molecule has 0 aromatic rings. The Hall–Kier alpha value is -0.710. The van der Waals surface area contributed by atoms with E-state index >= 15 is 0 Å². The number of rotatable bonds is 2. The molecule has 0 aromatic carbocycles. The molecule has 3 rings (SSSR count). The number of hydrogen-bond donors (Lipinski definition) is 2. The molecule has 116 valence electrons. The van der Waals surface area contributed by atoms with Gasteiger partial charge in [0, 0.05) is 10.00 Å². The summed E-state index contributed by atoms with van der Waals surface area (Å²) in [6, 6.07) is 0.193. The fraction of sp³-hybridized carbons (Fsp3) is 0.647. The van der Waals surface area contributed by atoms with Crippen molar-refractivity contribution in [1.82, 2.24) is 5.48 Å². The molecule has 0 radical (unpaired) electrons. The highest BCUT2D eigenvalue weighted by Gasteiger charge is 2.48. The Labute approximate surface area is 131 Å². The second kappa shape index (κ2) is 5.49.